The van der Waals surface area contributed by atoms with E-state index < -0.39 is 0 Å². The van der Waals surface area contributed by atoms with Gasteiger partial charge in [-0.3, -0.25) is 12.6 Å². The summed E-state index contributed by atoms with van der Waals surface area (Å²) >= 11 is 0. The van der Waals surface area contributed by atoms with Gasteiger partial charge >= 0.3 is 0 Å². The van der Waals surface area contributed by atoms with Crippen molar-refractivity contribution in [2.75, 3.05) is 0 Å². The molecule has 4 unspecified atom stereocenters. The molecule has 0 saturated carbocycles. The maximum atomic E-state index is 11.7. The van der Waals surface area contributed by atoms with Gasteiger partial charge in [-0.15, -0.1) is 12.8 Å². The second-order valence-corrected chi connectivity index (χ2v) is 17.7. The molecule has 4 amide bonds. The topological polar surface area (TPSA) is 171 Å². The van der Waals surface area contributed by atoms with Crippen LogP contribution in [0.2, 0.25) is 0 Å². The molecule has 2 saturated heterocycles. The van der Waals surface area contributed by atoms with Gasteiger partial charge in [0.2, 0.25) is 0 Å². The number of carbonyl (C=O) groups is 4. The van der Waals surface area contributed by atoms with Crippen LogP contribution in [0.3, 0.4) is 0 Å². The molecule has 4 rings (SSSR count). The van der Waals surface area contributed by atoms with Gasteiger partial charge in [0.05, 0.1) is 23.6 Å². The molecule has 2 aromatic carbocycles. The van der Waals surface area contributed by atoms with E-state index in [1.165, 1.54) is 0 Å². The third-order valence-electron chi connectivity index (χ3n) is 9.12. The van der Waals surface area contributed by atoms with Crippen molar-refractivity contribution in [3.63, 3.8) is 0 Å². The van der Waals surface area contributed by atoms with E-state index in [0.717, 1.165) is 11.1 Å². The first-order valence-electron chi connectivity index (χ1n) is 19.1. The number of phenols is 2. The SMILES string of the molecule is CC.CC.CC(C)(C)C1C(=O)[N-]C(=O)C1C(C)(C)C.CC(C)(C)C1C(=O)[N-]C(=O)C1C(C)(C)C.O=[C-]Cc1cc(Cc2ccc(O)c(C[C-]=O)c2)ccc1O.[Y].[Y]. The van der Waals surface area contributed by atoms with Crippen LogP contribution >= 0.6 is 0 Å². The normalized spacial score (nSPS) is 18.8. The van der Waals surface area contributed by atoms with E-state index in [9.17, 15) is 39.0 Å². The minimum absolute atomic E-state index is 0. The second-order valence-electron chi connectivity index (χ2n) is 17.7. The van der Waals surface area contributed by atoms with Gasteiger partial charge in [-0.05, 0) is 62.5 Å². The fraction of sp³-hybridized carbons (Fsp3) is 0.600. The van der Waals surface area contributed by atoms with Crippen LogP contribution in [0.4, 0.5) is 0 Å². The van der Waals surface area contributed by atoms with E-state index in [1.54, 1.807) is 49.0 Å². The number of hydrogen-bond donors (Lipinski definition) is 2. The molecule has 10 nitrogen and oxygen atoms in total. The molecule has 12 heteroatoms. The molecule has 57 heavy (non-hydrogen) atoms. The molecule has 2 heterocycles. The standard InChI is InChI=1S/C17H14O4.2C12H21NO2.2C2H6.2Y/c18-7-5-14-10-12(1-3-16(14)20)9-13-2-4-17(21)15(11-13)6-8-19;2*1-11(2,3)7-8(12(4,5)6)10(15)13-9(7)14;2*1-2;;/h1-4,10-11,20-21H,5-6,9H2;2*7-8H,1-6H3,(H,13,14,15);2*1-2H3;;/q-2;;;;;;/p-2. The summed E-state index contributed by atoms with van der Waals surface area (Å²) in [7, 11) is 0. The Kier molecular flexibility index (Phi) is 26.5. The Hall–Kier alpha value is -2.13. The summed E-state index contributed by atoms with van der Waals surface area (Å²) in [6.45, 7) is 31.9. The number of rotatable bonds is 6. The van der Waals surface area contributed by atoms with Crippen LogP contribution in [-0.2, 0) is 113 Å². The van der Waals surface area contributed by atoms with Crippen LogP contribution in [0.25, 0.3) is 10.6 Å². The molecule has 2 aliphatic rings. The van der Waals surface area contributed by atoms with Crippen molar-refractivity contribution >= 4 is 36.2 Å². The third kappa shape index (κ3) is 17.9. The van der Waals surface area contributed by atoms with E-state index >= 15 is 0 Å². The Balaban J connectivity index is -0.000000735. The third-order valence-corrected chi connectivity index (χ3v) is 9.12. The summed E-state index contributed by atoms with van der Waals surface area (Å²) in [5.41, 5.74) is 2.09. The van der Waals surface area contributed by atoms with Gasteiger partial charge in [0.15, 0.2) is 0 Å². The first-order valence-corrected chi connectivity index (χ1v) is 19.1. The molecule has 2 aromatic rings. The summed E-state index contributed by atoms with van der Waals surface area (Å²) in [6.07, 6.45) is 4.18. The fourth-order valence-electron chi connectivity index (χ4n) is 6.72. The van der Waals surface area contributed by atoms with Gasteiger partial charge in [0.1, 0.15) is 11.5 Å². The van der Waals surface area contributed by atoms with E-state index in [-0.39, 0.29) is 159 Å². The number of nitrogens with zero attached hydrogens (tertiary/aromatic N) is 2. The molecule has 0 bridgehead atoms. The number of benzene rings is 2. The molecule has 2 radical (unpaired) electrons. The van der Waals surface area contributed by atoms with Crippen LogP contribution in [0.1, 0.15) is 133 Å². The Morgan fingerprint density at radius 3 is 0.912 bits per heavy atom. The average molecular weight is 941 g/mol. The molecule has 314 valence electrons. The smallest absolute Gasteiger partial charge is 0.116 e. The van der Waals surface area contributed by atoms with Gasteiger partial charge in [0, 0.05) is 89.1 Å². The van der Waals surface area contributed by atoms with Crippen LogP contribution in [-0.4, -0.2) is 46.4 Å². The summed E-state index contributed by atoms with van der Waals surface area (Å²) in [5, 5.41) is 26.5. The van der Waals surface area contributed by atoms with E-state index in [1.807, 2.05) is 111 Å². The number of amides is 4. The van der Waals surface area contributed by atoms with Crippen molar-refractivity contribution in [1.29, 1.82) is 0 Å². The number of carbonyl (C=O) groups excluding carboxylic acids is 6. The molecule has 0 aromatic heterocycles. The predicted molar refractivity (Wildman–Crippen MR) is 219 cm³/mol. The van der Waals surface area contributed by atoms with Gasteiger partial charge < -0.3 is 49.6 Å². The Bertz CT molecular complexity index is 1450. The predicted octanol–water partition coefficient (Wildman–Crippen LogP) is 9.54. The first-order chi connectivity index (χ1) is 25.2. The number of imide groups is 2. The quantitative estimate of drug-likeness (QED) is 0.213. The minimum atomic E-state index is -0.273. The van der Waals surface area contributed by atoms with Gasteiger partial charge in [-0.1, -0.05) is 135 Å². The van der Waals surface area contributed by atoms with Crippen LogP contribution in [0, 0.1) is 45.3 Å². The number of hydrogen-bond acceptors (Lipinski definition) is 8. The minimum Gasteiger partial charge on any atom is -0.595 e. The van der Waals surface area contributed by atoms with Crippen LogP contribution in [0.5, 0.6) is 11.5 Å². The van der Waals surface area contributed by atoms with Gasteiger partial charge in [-0.2, -0.15) is 0 Å². The zero-order valence-electron chi connectivity index (χ0n) is 37.3. The molecule has 0 spiro atoms. The van der Waals surface area contributed by atoms with Gasteiger partial charge in [-0.25, -0.2) is 0 Å². The van der Waals surface area contributed by atoms with Crippen LogP contribution in [0.15, 0.2) is 36.4 Å². The van der Waals surface area contributed by atoms with Crippen molar-refractivity contribution in [2.24, 2.45) is 45.3 Å². The maximum Gasteiger partial charge on any atom is 0.116 e. The Morgan fingerprint density at radius 1 is 0.491 bits per heavy atom. The van der Waals surface area contributed by atoms with Crippen molar-refractivity contribution in [3.05, 3.63) is 69.3 Å². The molecule has 2 fully saturated rings. The number of aromatic hydroxyl groups is 2. The fourth-order valence-corrected chi connectivity index (χ4v) is 6.72. The Labute approximate surface area is 393 Å². The average Bonchev–Trinajstić information content (AvgIpc) is 3.57. The van der Waals surface area contributed by atoms with E-state index in [4.69, 9.17) is 0 Å². The van der Waals surface area contributed by atoms with Crippen molar-refractivity contribution in [3.8, 4) is 11.5 Å². The van der Waals surface area contributed by atoms with Crippen molar-refractivity contribution in [1.82, 2.24) is 0 Å². The summed E-state index contributed by atoms with van der Waals surface area (Å²) in [6, 6.07) is 10.1. The Morgan fingerprint density at radius 2 is 0.719 bits per heavy atom. The van der Waals surface area contributed by atoms with E-state index in [0.29, 0.717) is 17.5 Å². The first kappa shape index (κ1) is 59.2. The second kappa shape index (κ2) is 25.5. The zero-order chi connectivity index (χ0) is 43.3. The molecular formula is C45H66N2O8Y2-4. The molecular weight excluding hydrogens is 874 g/mol. The van der Waals surface area contributed by atoms with Crippen LogP contribution < -0.4 is 0 Å². The number of phenolic OH excluding ortho intramolecular Hbond substituents is 2. The van der Waals surface area contributed by atoms with Gasteiger partial charge in [0.25, 0.3) is 0 Å². The maximum absolute atomic E-state index is 11.7. The van der Waals surface area contributed by atoms with Crippen molar-refractivity contribution in [2.45, 2.75) is 130 Å². The largest absolute Gasteiger partial charge is 0.595 e. The monoisotopic (exact) mass is 940 g/mol. The van der Waals surface area contributed by atoms with Crippen molar-refractivity contribution < 1.29 is 104 Å². The molecule has 0 aliphatic carbocycles. The molecule has 4 atom stereocenters. The molecule has 2 aliphatic heterocycles. The summed E-state index contributed by atoms with van der Waals surface area (Å²) in [4.78, 5) is 67.7. The zero-order valence-corrected chi connectivity index (χ0v) is 43.0. The summed E-state index contributed by atoms with van der Waals surface area (Å²) < 4.78 is 0. The summed E-state index contributed by atoms with van der Waals surface area (Å²) in [5.74, 6) is -1.92. The molecule has 2 N–H and O–H groups in total. The van der Waals surface area contributed by atoms with E-state index in [2.05, 4.69) is 10.6 Å².